The summed E-state index contributed by atoms with van der Waals surface area (Å²) < 4.78 is 1.96. The van der Waals surface area contributed by atoms with Crippen LogP contribution in [0.4, 0.5) is 0 Å². The largest absolute Gasteiger partial charge is 0.354 e. The molecular weight excluding hydrogens is 388 g/mol. The van der Waals surface area contributed by atoms with Crippen LogP contribution in [-0.2, 0) is 16.6 Å². The lowest BCUT2D eigenvalue weighted by Crippen LogP contribution is -2.50. The zero-order chi connectivity index (χ0) is 22.6. The zero-order valence-electron chi connectivity index (χ0n) is 19.0. The Bertz CT molecular complexity index is 1010. The van der Waals surface area contributed by atoms with Crippen LogP contribution in [0.15, 0.2) is 54.9 Å². The van der Waals surface area contributed by atoms with Crippen molar-refractivity contribution in [2.75, 3.05) is 6.54 Å². The molecule has 0 aliphatic carbocycles. The van der Waals surface area contributed by atoms with E-state index in [1.165, 1.54) is 0 Å². The van der Waals surface area contributed by atoms with Gasteiger partial charge in [0.15, 0.2) is 0 Å². The predicted octanol–water partition coefficient (Wildman–Crippen LogP) is 3.75. The van der Waals surface area contributed by atoms with Gasteiger partial charge in [0.05, 0.1) is 5.69 Å². The molecular formula is C25H32N4O2. The predicted molar refractivity (Wildman–Crippen MR) is 123 cm³/mol. The number of carbonyl (C=O) groups is 2. The Balaban J connectivity index is 1.57. The average Bonchev–Trinajstić information content (AvgIpc) is 3.13. The number of aromatic nitrogens is 2. The van der Waals surface area contributed by atoms with Crippen LogP contribution in [0, 0.1) is 5.92 Å². The molecule has 31 heavy (non-hydrogen) atoms. The van der Waals surface area contributed by atoms with E-state index >= 15 is 0 Å². The smallest absolute Gasteiger partial charge is 0.251 e. The van der Waals surface area contributed by atoms with Crippen LogP contribution in [0.2, 0.25) is 0 Å². The molecule has 1 unspecified atom stereocenters. The Hall–Kier alpha value is -3.15. The van der Waals surface area contributed by atoms with Crippen LogP contribution in [-0.4, -0.2) is 33.8 Å². The first kappa shape index (κ1) is 22.5. The minimum Gasteiger partial charge on any atom is -0.354 e. The zero-order valence-corrected chi connectivity index (χ0v) is 19.0. The molecule has 164 valence electrons. The topological polar surface area (TPSA) is 75.5 Å². The van der Waals surface area contributed by atoms with Gasteiger partial charge in [-0.3, -0.25) is 9.59 Å². The van der Waals surface area contributed by atoms with Crippen molar-refractivity contribution in [2.45, 2.75) is 52.5 Å². The third kappa shape index (κ3) is 5.72. The van der Waals surface area contributed by atoms with E-state index in [0.717, 1.165) is 16.9 Å². The summed E-state index contributed by atoms with van der Waals surface area (Å²) >= 11 is 0. The van der Waals surface area contributed by atoms with E-state index in [-0.39, 0.29) is 23.1 Å². The fourth-order valence-corrected chi connectivity index (χ4v) is 3.41. The van der Waals surface area contributed by atoms with Gasteiger partial charge in [-0.05, 0) is 41.2 Å². The molecule has 6 heteroatoms. The van der Waals surface area contributed by atoms with E-state index in [9.17, 15) is 9.59 Å². The van der Waals surface area contributed by atoms with Gasteiger partial charge in [-0.25, -0.2) is 4.98 Å². The monoisotopic (exact) mass is 420 g/mol. The Morgan fingerprint density at radius 2 is 1.77 bits per heavy atom. The lowest BCUT2D eigenvalue weighted by Gasteiger charge is -2.22. The molecule has 3 rings (SSSR count). The van der Waals surface area contributed by atoms with E-state index in [1.54, 1.807) is 0 Å². The van der Waals surface area contributed by atoms with Crippen LogP contribution < -0.4 is 10.6 Å². The molecule has 3 aromatic rings. The number of benzene rings is 1. The van der Waals surface area contributed by atoms with Gasteiger partial charge in [0.25, 0.3) is 5.91 Å². The molecule has 2 heterocycles. The molecule has 2 amide bonds. The quantitative estimate of drug-likeness (QED) is 0.611. The van der Waals surface area contributed by atoms with Crippen LogP contribution in [0.5, 0.6) is 0 Å². The molecule has 6 nitrogen and oxygen atoms in total. The second kappa shape index (κ2) is 9.33. The fraction of sp³-hybridized carbons (Fsp3) is 0.400. The summed E-state index contributed by atoms with van der Waals surface area (Å²) in [7, 11) is 0. The van der Waals surface area contributed by atoms with Crippen molar-refractivity contribution in [2.24, 2.45) is 5.92 Å². The Morgan fingerprint density at radius 1 is 1.06 bits per heavy atom. The Kier molecular flexibility index (Phi) is 6.78. The van der Waals surface area contributed by atoms with Crippen molar-refractivity contribution in [1.82, 2.24) is 20.0 Å². The van der Waals surface area contributed by atoms with Crippen molar-refractivity contribution in [3.63, 3.8) is 0 Å². The number of imidazole rings is 1. The molecule has 0 bridgehead atoms. The van der Waals surface area contributed by atoms with Gasteiger partial charge in [-0.1, -0.05) is 52.8 Å². The van der Waals surface area contributed by atoms with Crippen LogP contribution >= 0.6 is 0 Å². The second-order valence-electron chi connectivity index (χ2n) is 9.26. The normalized spacial score (nSPS) is 12.7. The summed E-state index contributed by atoms with van der Waals surface area (Å²) in [6.07, 6.45) is 4.54. The molecule has 0 saturated heterocycles. The summed E-state index contributed by atoms with van der Waals surface area (Å²) in [6.45, 7) is 10.7. The van der Waals surface area contributed by atoms with Gasteiger partial charge in [0.2, 0.25) is 5.91 Å². The van der Waals surface area contributed by atoms with Crippen molar-refractivity contribution >= 4 is 17.5 Å². The Morgan fingerprint density at radius 3 is 2.39 bits per heavy atom. The minimum absolute atomic E-state index is 0.0241. The molecule has 1 aromatic carbocycles. The lowest BCUT2D eigenvalue weighted by atomic mass is 9.86. The molecule has 0 aliphatic rings. The van der Waals surface area contributed by atoms with Crippen molar-refractivity contribution in [3.8, 4) is 0 Å². The third-order valence-corrected chi connectivity index (χ3v) is 5.34. The maximum absolute atomic E-state index is 12.7. The highest BCUT2D eigenvalue weighted by molar-refractivity contribution is 5.97. The van der Waals surface area contributed by atoms with Gasteiger partial charge in [0, 0.05) is 30.9 Å². The van der Waals surface area contributed by atoms with E-state index in [1.807, 2.05) is 73.1 Å². The summed E-state index contributed by atoms with van der Waals surface area (Å²) in [5.41, 5.74) is 3.53. The van der Waals surface area contributed by atoms with Crippen molar-refractivity contribution < 1.29 is 9.59 Å². The van der Waals surface area contributed by atoms with Crippen LogP contribution in [0.3, 0.4) is 0 Å². The molecule has 0 radical (unpaired) electrons. The highest BCUT2D eigenvalue weighted by Crippen LogP contribution is 2.22. The number of nitrogens with zero attached hydrogens (tertiary/aromatic N) is 2. The summed E-state index contributed by atoms with van der Waals surface area (Å²) in [5.74, 6) is -0.457. The van der Waals surface area contributed by atoms with Gasteiger partial charge >= 0.3 is 0 Å². The summed E-state index contributed by atoms with van der Waals surface area (Å²) in [5, 5.41) is 5.83. The van der Waals surface area contributed by atoms with Gasteiger partial charge in [-0.2, -0.15) is 0 Å². The van der Waals surface area contributed by atoms with E-state index in [4.69, 9.17) is 0 Å². The molecule has 2 aromatic heterocycles. The van der Waals surface area contributed by atoms with Crippen LogP contribution in [0.1, 0.15) is 56.2 Å². The van der Waals surface area contributed by atoms with E-state index in [2.05, 4.69) is 36.4 Å². The first-order valence-electron chi connectivity index (χ1n) is 10.8. The van der Waals surface area contributed by atoms with Gasteiger partial charge in [0.1, 0.15) is 11.7 Å². The number of hydrogen-bond donors (Lipinski definition) is 2. The van der Waals surface area contributed by atoms with E-state index in [0.29, 0.717) is 18.5 Å². The average molecular weight is 421 g/mol. The van der Waals surface area contributed by atoms with Crippen molar-refractivity contribution in [1.29, 1.82) is 0 Å². The first-order valence-corrected chi connectivity index (χ1v) is 10.8. The third-order valence-electron chi connectivity index (χ3n) is 5.34. The number of nitrogens with one attached hydrogen (secondary N) is 2. The summed E-state index contributed by atoms with van der Waals surface area (Å²) in [6, 6.07) is 12.8. The highest BCUT2D eigenvalue weighted by Gasteiger charge is 2.24. The van der Waals surface area contributed by atoms with E-state index < -0.39 is 6.04 Å². The Labute approximate surface area is 184 Å². The molecule has 0 aliphatic heterocycles. The van der Waals surface area contributed by atoms with Gasteiger partial charge < -0.3 is 15.0 Å². The number of rotatable bonds is 7. The molecule has 1 atom stereocenters. The lowest BCUT2D eigenvalue weighted by molar-refractivity contribution is -0.123. The second-order valence-corrected chi connectivity index (χ2v) is 9.26. The first-order chi connectivity index (χ1) is 14.6. The van der Waals surface area contributed by atoms with Crippen LogP contribution in [0.25, 0.3) is 5.65 Å². The fourth-order valence-electron chi connectivity index (χ4n) is 3.41. The number of amides is 2. The number of pyridine rings is 1. The number of carbonyl (C=O) groups excluding carboxylic acids is 2. The summed E-state index contributed by atoms with van der Waals surface area (Å²) in [4.78, 5) is 30.0. The van der Waals surface area contributed by atoms with Crippen molar-refractivity contribution in [3.05, 3.63) is 71.7 Å². The van der Waals surface area contributed by atoms with Gasteiger partial charge in [-0.15, -0.1) is 0 Å². The SMILES string of the molecule is CC(C)C(NC(=O)c1ccc(C(C)(C)C)cc1)C(=O)NCCc1cn2ccccc2n1. The maximum atomic E-state index is 12.7. The maximum Gasteiger partial charge on any atom is 0.251 e. The number of hydrogen-bond acceptors (Lipinski definition) is 3. The molecule has 2 N–H and O–H groups in total. The highest BCUT2D eigenvalue weighted by atomic mass is 16.2. The molecule has 0 fully saturated rings. The number of fused-ring (bicyclic) bond motifs is 1. The molecule has 0 saturated carbocycles. The molecule has 0 spiro atoms. The standard InChI is InChI=1S/C25H32N4O2/c1-17(2)22(28-23(30)18-9-11-19(12-10-18)25(3,4)5)24(31)26-14-13-20-16-29-15-7-6-8-21(29)27-20/h6-12,15-17,22H,13-14H2,1-5H3,(H,26,31)(H,28,30). The minimum atomic E-state index is -0.601.